The lowest BCUT2D eigenvalue weighted by Gasteiger charge is -2.11. The number of amides is 1. The molecule has 0 aliphatic carbocycles. The minimum atomic E-state index is -0.283. The molecule has 1 N–H and O–H groups in total. The summed E-state index contributed by atoms with van der Waals surface area (Å²) in [5.41, 5.74) is 0. The third kappa shape index (κ3) is 7.31. The Morgan fingerprint density at radius 1 is 1.46 bits per heavy atom. The van der Waals surface area contributed by atoms with Crippen molar-refractivity contribution < 1.29 is 14.3 Å². The van der Waals surface area contributed by atoms with Crippen LogP contribution in [0.3, 0.4) is 0 Å². The van der Waals surface area contributed by atoms with E-state index in [4.69, 9.17) is 4.74 Å². The van der Waals surface area contributed by atoms with Crippen molar-refractivity contribution in [2.75, 3.05) is 6.54 Å². The minimum absolute atomic E-state index is 0.0232. The van der Waals surface area contributed by atoms with Crippen LogP contribution in [-0.2, 0) is 14.3 Å². The Labute approximate surface area is 78.6 Å². The van der Waals surface area contributed by atoms with Crippen LogP contribution in [0.2, 0.25) is 0 Å². The van der Waals surface area contributed by atoms with Gasteiger partial charge in [-0.15, -0.1) is 0 Å². The molecule has 0 unspecified atom stereocenters. The molecule has 0 aliphatic rings. The molecule has 76 valence electrons. The first-order valence-corrected chi connectivity index (χ1v) is 4.50. The van der Waals surface area contributed by atoms with Crippen LogP contribution in [0.4, 0.5) is 0 Å². The van der Waals surface area contributed by atoms with Crippen LogP contribution in [0.25, 0.3) is 0 Å². The molecule has 0 saturated carbocycles. The van der Waals surface area contributed by atoms with Gasteiger partial charge in [0, 0.05) is 26.3 Å². The monoisotopic (exact) mass is 187 g/mol. The third-order valence-electron chi connectivity index (χ3n) is 1.56. The van der Waals surface area contributed by atoms with E-state index < -0.39 is 0 Å². The van der Waals surface area contributed by atoms with Crippen LogP contribution >= 0.6 is 0 Å². The summed E-state index contributed by atoms with van der Waals surface area (Å²) in [5, 5.41) is 2.71. The lowest BCUT2D eigenvalue weighted by atomic mass is 10.3. The van der Waals surface area contributed by atoms with Crippen LogP contribution in [0.1, 0.15) is 33.6 Å². The standard InChI is InChI=1S/C9H17NO3/c1-4-9(12)10-6-5-7(2)13-8(3)11/h7H,4-6H2,1-3H3,(H,10,12)/t7-/m1/s1. The average Bonchev–Trinajstić information content (AvgIpc) is 2.02. The van der Waals surface area contributed by atoms with Crippen molar-refractivity contribution in [2.45, 2.75) is 39.7 Å². The van der Waals surface area contributed by atoms with Crippen molar-refractivity contribution in [1.82, 2.24) is 5.32 Å². The van der Waals surface area contributed by atoms with Gasteiger partial charge in [-0.1, -0.05) is 6.92 Å². The zero-order valence-corrected chi connectivity index (χ0v) is 8.42. The fourth-order valence-corrected chi connectivity index (χ4v) is 0.882. The molecule has 4 heteroatoms. The van der Waals surface area contributed by atoms with E-state index >= 15 is 0 Å². The number of rotatable bonds is 5. The Hall–Kier alpha value is -1.06. The first-order chi connectivity index (χ1) is 6.06. The maximum absolute atomic E-state index is 10.8. The van der Waals surface area contributed by atoms with E-state index in [1.54, 1.807) is 13.8 Å². The molecular weight excluding hydrogens is 170 g/mol. The quantitative estimate of drug-likeness (QED) is 0.649. The number of esters is 1. The van der Waals surface area contributed by atoms with Gasteiger partial charge in [-0.2, -0.15) is 0 Å². The first kappa shape index (κ1) is 11.9. The topological polar surface area (TPSA) is 55.4 Å². The highest BCUT2D eigenvalue weighted by Crippen LogP contribution is 1.96. The first-order valence-electron chi connectivity index (χ1n) is 4.50. The summed E-state index contributed by atoms with van der Waals surface area (Å²) in [6.07, 6.45) is 1.02. The summed E-state index contributed by atoms with van der Waals surface area (Å²) in [4.78, 5) is 21.3. The van der Waals surface area contributed by atoms with Gasteiger partial charge in [-0.3, -0.25) is 9.59 Å². The van der Waals surface area contributed by atoms with Crippen LogP contribution in [0, 0.1) is 0 Å². The highest BCUT2D eigenvalue weighted by Gasteiger charge is 2.05. The predicted octanol–water partition coefficient (Wildman–Crippen LogP) is 0.854. The number of carbonyl (C=O) groups is 2. The number of hydrogen-bond acceptors (Lipinski definition) is 3. The number of hydrogen-bond donors (Lipinski definition) is 1. The van der Waals surface area contributed by atoms with Crippen LogP contribution < -0.4 is 5.32 Å². The largest absolute Gasteiger partial charge is 0.463 e. The summed E-state index contributed by atoms with van der Waals surface area (Å²) < 4.78 is 4.88. The number of carbonyl (C=O) groups excluding carboxylic acids is 2. The molecule has 4 nitrogen and oxygen atoms in total. The highest BCUT2D eigenvalue weighted by atomic mass is 16.5. The summed E-state index contributed by atoms with van der Waals surface area (Å²) in [6, 6.07) is 0. The van der Waals surface area contributed by atoms with Gasteiger partial charge in [-0.25, -0.2) is 0 Å². The van der Waals surface area contributed by atoms with Crippen molar-refractivity contribution >= 4 is 11.9 Å². The maximum Gasteiger partial charge on any atom is 0.302 e. The second kappa shape index (κ2) is 6.46. The molecule has 1 amide bonds. The van der Waals surface area contributed by atoms with Crippen molar-refractivity contribution in [3.63, 3.8) is 0 Å². The maximum atomic E-state index is 10.8. The zero-order valence-electron chi connectivity index (χ0n) is 8.42. The SMILES string of the molecule is CCC(=O)NCC[C@@H](C)OC(C)=O. The molecule has 13 heavy (non-hydrogen) atoms. The molecule has 0 spiro atoms. The Balaban J connectivity index is 3.42. The summed E-state index contributed by atoms with van der Waals surface area (Å²) in [6.45, 7) is 5.53. The normalized spacial score (nSPS) is 11.9. The molecule has 1 atom stereocenters. The van der Waals surface area contributed by atoms with Crippen molar-refractivity contribution in [3.05, 3.63) is 0 Å². The van der Waals surface area contributed by atoms with Gasteiger partial charge in [0.15, 0.2) is 0 Å². The molecule has 0 heterocycles. The molecule has 0 saturated heterocycles. The Kier molecular flexibility index (Phi) is 5.93. The molecular formula is C9H17NO3. The van der Waals surface area contributed by atoms with Crippen molar-refractivity contribution in [3.8, 4) is 0 Å². The van der Waals surface area contributed by atoms with Crippen LogP contribution in [0.5, 0.6) is 0 Å². The van der Waals surface area contributed by atoms with Crippen LogP contribution in [-0.4, -0.2) is 24.5 Å². The van der Waals surface area contributed by atoms with Gasteiger partial charge in [0.05, 0.1) is 0 Å². The second-order valence-electron chi connectivity index (χ2n) is 2.91. The minimum Gasteiger partial charge on any atom is -0.463 e. The second-order valence-corrected chi connectivity index (χ2v) is 2.91. The van der Waals surface area contributed by atoms with E-state index in [-0.39, 0.29) is 18.0 Å². The summed E-state index contributed by atoms with van der Waals surface area (Å²) >= 11 is 0. The van der Waals surface area contributed by atoms with E-state index in [9.17, 15) is 9.59 Å². The van der Waals surface area contributed by atoms with Crippen molar-refractivity contribution in [1.29, 1.82) is 0 Å². The summed E-state index contributed by atoms with van der Waals surface area (Å²) in [5.74, 6) is -0.260. The van der Waals surface area contributed by atoms with Crippen LogP contribution in [0.15, 0.2) is 0 Å². The molecule has 0 aromatic heterocycles. The molecule has 0 radical (unpaired) electrons. The lowest BCUT2D eigenvalue weighted by molar-refractivity contribution is -0.145. The number of ether oxygens (including phenoxy) is 1. The molecule has 0 aromatic rings. The van der Waals surface area contributed by atoms with E-state index in [2.05, 4.69) is 5.32 Å². The van der Waals surface area contributed by atoms with Gasteiger partial charge in [0.25, 0.3) is 0 Å². The van der Waals surface area contributed by atoms with Gasteiger partial charge in [0.2, 0.25) is 5.91 Å². The third-order valence-corrected chi connectivity index (χ3v) is 1.56. The Bertz CT molecular complexity index is 180. The van der Waals surface area contributed by atoms with E-state index in [0.29, 0.717) is 19.4 Å². The van der Waals surface area contributed by atoms with Crippen molar-refractivity contribution in [2.24, 2.45) is 0 Å². The van der Waals surface area contributed by atoms with E-state index in [1.165, 1.54) is 6.92 Å². The molecule has 0 fully saturated rings. The fourth-order valence-electron chi connectivity index (χ4n) is 0.882. The molecule has 0 aromatic carbocycles. The lowest BCUT2D eigenvalue weighted by Crippen LogP contribution is -2.26. The molecule has 0 rings (SSSR count). The molecule has 0 bridgehead atoms. The summed E-state index contributed by atoms with van der Waals surface area (Å²) in [7, 11) is 0. The van der Waals surface area contributed by atoms with Gasteiger partial charge < -0.3 is 10.1 Å². The molecule has 0 aliphatic heterocycles. The Morgan fingerprint density at radius 2 is 2.08 bits per heavy atom. The van der Waals surface area contributed by atoms with Gasteiger partial charge in [0.1, 0.15) is 6.10 Å². The average molecular weight is 187 g/mol. The van der Waals surface area contributed by atoms with Gasteiger partial charge in [-0.05, 0) is 6.92 Å². The zero-order chi connectivity index (χ0) is 10.3. The van der Waals surface area contributed by atoms with E-state index in [1.807, 2.05) is 0 Å². The smallest absolute Gasteiger partial charge is 0.302 e. The predicted molar refractivity (Wildman–Crippen MR) is 49.1 cm³/mol. The van der Waals surface area contributed by atoms with Gasteiger partial charge >= 0.3 is 5.97 Å². The highest BCUT2D eigenvalue weighted by molar-refractivity contribution is 5.75. The fraction of sp³-hybridized carbons (Fsp3) is 0.778. The van der Waals surface area contributed by atoms with E-state index in [0.717, 1.165) is 0 Å². The Morgan fingerprint density at radius 3 is 2.54 bits per heavy atom. The number of nitrogens with one attached hydrogen (secondary N) is 1.